The second kappa shape index (κ2) is 7.42. The topological polar surface area (TPSA) is 71.4 Å². The molecule has 1 atom stereocenters. The van der Waals surface area contributed by atoms with Crippen molar-refractivity contribution in [3.05, 3.63) is 11.8 Å². The highest BCUT2D eigenvalue weighted by Crippen LogP contribution is 2.25. The predicted octanol–water partition coefficient (Wildman–Crippen LogP) is 0.775. The van der Waals surface area contributed by atoms with E-state index >= 15 is 0 Å². The molecule has 1 unspecified atom stereocenters. The highest BCUT2D eigenvalue weighted by molar-refractivity contribution is 5.90. The van der Waals surface area contributed by atoms with Crippen LogP contribution in [0.2, 0.25) is 0 Å². The van der Waals surface area contributed by atoms with Gasteiger partial charge < -0.3 is 20.3 Å². The molecule has 23 heavy (non-hydrogen) atoms. The van der Waals surface area contributed by atoms with Gasteiger partial charge in [-0.25, -0.2) is 4.68 Å². The van der Waals surface area contributed by atoms with Crippen LogP contribution in [-0.2, 0) is 9.53 Å². The highest BCUT2D eigenvalue weighted by atomic mass is 16.5. The van der Waals surface area contributed by atoms with Crippen molar-refractivity contribution < 1.29 is 9.53 Å². The fourth-order valence-electron chi connectivity index (χ4n) is 3.30. The molecule has 1 amide bonds. The third-order valence-corrected chi connectivity index (χ3v) is 4.59. The van der Waals surface area contributed by atoms with Crippen molar-refractivity contribution in [1.82, 2.24) is 20.0 Å². The number of nitrogens with zero attached hydrogens (tertiary/aromatic N) is 3. The number of morpholine rings is 1. The number of nitrogens with one attached hydrogen (secondary N) is 2. The van der Waals surface area contributed by atoms with Crippen LogP contribution in [0.25, 0.3) is 0 Å². The summed E-state index contributed by atoms with van der Waals surface area (Å²) in [5.41, 5.74) is 0.943. The molecule has 0 bridgehead atoms. The summed E-state index contributed by atoms with van der Waals surface area (Å²) in [6, 6.07) is 2.43. The van der Waals surface area contributed by atoms with Gasteiger partial charge in [0.1, 0.15) is 5.82 Å². The largest absolute Gasteiger partial charge is 0.378 e. The molecule has 7 heteroatoms. The first-order valence-electron chi connectivity index (χ1n) is 8.47. The minimum atomic E-state index is 0.0158. The first-order valence-corrected chi connectivity index (χ1v) is 8.47. The van der Waals surface area contributed by atoms with Crippen LogP contribution >= 0.6 is 0 Å². The van der Waals surface area contributed by atoms with Crippen molar-refractivity contribution in [3.8, 4) is 0 Å². The van der Waals surface area contributed by atoms with Crippen LogP contribution in [0, 0.1) is 6.92 Å². The van der Waals surface area contributed by atoms with E-state index in [2.05, 4.69) is 27.7 Å². The Bertz CT molecular complexity index is 531. The van der Waals surface area contributed by atoms with Gasteiger partial charge in [0.25, 0.3) is 0 Å². The molecule has 1 aromatic heterocycles. The number of amides is 1. The quantitative estimate of drug-likeness (QED) is 0.857. The van der Waals surface area contributed by atoms with Crippen LogP contribution in [0.4, 0.5) is 5.82 Å². The van der Waals surface area contributed by atoms with Gasteiger partial charge in [0.05, 0.1) is 24.9 Å². The summed E-state index contributed by atoms with van der Waals surface area (Å²) in [5.74, 6) is 0.834. The van der Waals surface area contributed by atoms with Gasteiger partial charge in [-0.3, -0.25) is 4.79 Å². The van der Waals surface area contributed by atoms with Crippen molar-refractivity contribution in [2.75, 3.05) is 45.2 Å². The van der Waals surface area contributed by atoms with E-state index in [1.165, 1.54) is 0 Å². The minimum absolute atomic E-state index is 0.0158. The molecule has 3 rings (SSSR count). The summed E-state index contributed by atoms with van der Waals surface area (Å²) in [6.07, 6.45) is 2.56. The molecule has 0 saturated carbocycles. The summed E-state index contributed by atoms with van der Waals surface area (Å²) in [4.78, 5) is 14.7. The monoisotopic (exact) mass is 321 g/mol. The Kier molecular flexibility index (Phi) is 5.30. The fraction of sp³-hybridized carbons (Fsp3) is 0.750. The van der Waals surface area contributed by atoms with E-state index in [0.717, 1.165) is 50.6 Å². The minimum Gasteiger partial charge on any atom is -0.378 e. The summed E-state index contributed by atoms with van der Waals surface area (Å²) in [7, 11) is 2.15. The van der Waals surface area contributed by atoms with Crippen molar-refractivity contribution in [1.29, 1.82) is 0 Å². The maximum atomic E-state index is 12.3. The highest BCUT2D eigenvalue weighted by Gasteiger charge is 2.23. The summed E-state index contributed by atoms with van der Waals surface area (Å²) >= 11 is 0. The van der Waals surface area contributed by atoms with Gasteiger partial charge in [-0.2, -0.15) is 5.10 Å². The third kappa shape index (κ3) is 4.31. The number of likely N-dealkylation sites (tertiary alicyclic amines) is 1. The number of carbonyl (C=O) groups excluding carboxylic acids is 1. The van der Waals surface area contributed by atoms with Crippen LogP contribution in [0.15, 0.2) is 6.07 Å². The van der Waals surface area contributed by atoms with E-state index in [-0.39, 0.29) is 11.9 Å². The van der Waals surface area contributed by atoms with E-state index in [4.69, 9.17) is 4.74 Å². The van der Waals surface area contributed by atoms with Crippen molar-refractivity contribution in [2.45, 2.75) is 38.3 Å². The summed E-state index contributed by atoms with van der Waals surface area (Å²) in [6.45, 7) is 6.24. The third-order valence-electron chi connectivity index (χ3n) is 4.59. The molecule has 0 radical (unpaired) electrons. The Labute approximate surface area is 137 Å². The Hall–Kier alpha value is -1.44. The number of hydrogen-bond acceptors (Lipinski definition) is 5. The van der Waals surface area contributed by atoms with Gasteiger partial charge in [0.15, 0.2) is 0 Å². The van der Waals surface area contributed by atoms with Gasteiger partial charge in [0.2, 0.25) is 5.91 Å². The molecule has 128 valence electrons. The van der Waals surface area contributed by atoms with Crippen LogP contribution in [0.5, 0.6) is 0 Å². The van der Waals surface area contributed by atoms with Crippen molar-refractivity contribution >= 4 is 11.7 Å². The zero-order valence-corrected chi connectivity index (χ0v) is 14.0. The lowest BCUT2D eigenvalue weighted by molar-refractivity contribution is -0.117. The molecule has 0 aromatic carbocycles. The number of piperidine rings is 1. The van der Waals surface area contributed by atoms with E-state index in [1.54, 1.807) is 0 Å². The van der Waals surface area contributed by atoms with Gasteiger partial charge >= 0.3 is 0 Å². The average molecular weight is 321 g/mol. The van der Waals surface area contributed by atoms with Gasteiger partial charge in [0, 0.05) is 25.1 Å². The number of hydrogen-bond donors (Lipinski definition) is 2. The lowest BCUT2D eigenvalue weighted by atomic mass is 10.1. The molecule has 3 heterocycles. The molecular formula is C16H27N5O2. The Balaban J connectivity index is 1.61. The zero-order valence-electron chi connectivity index (χ0n) is 14.0. The number of aromatic nitrogens is 2. The van der Waals surface area contributed by atoms with Crippen LogP contribution in [0.1, 0.15) is 31.0 Å². The smallest absolute Gasteiger partial charge is 0.227 e. The molecule has 2 aliphatic rings. The molecule has 0 aliphatic carbocycles. The maximum absolute atomic E-state index is 12.3. The number of aryl methyl sites for hydroxylation is 1. The van der Waals surface area contributed by atoms with Crippen LogP contribution in [0.3, 0.4) is 0 Å². The van der Waals surface area contributed by atoms with E-state index < -0.39 is 0 Å². The molecule has 2 saturated heterocycles. The fourth-order valence-corrected chi connectivity index (χ4v) is 3.30. The Morgan fingerprint density at radius 3 is 2.96 bits per heavy atom. The van der Waals surface area contributed by atoms with E-state index in [1.807, 2.05) is 17.7 Å². The molecule has 2 N–H and O–H groups in total. The lowest BCUT2D eigenvalue weighted by Crippen LogP contribution is -2.43. The number of carbonyl (C=O) groups is 1. The standard InChI is InChI=1S/C16H27N5O2/c1-12-9-15(18-16(22)10-13-11-23-8-5-17-13)21(19-12)14-3-6-20(2)7-4-14/h9,13-14,17H,3-8,10-11H2,1-2H3,(H,18,22). The van der Waals surface area contributed by atoms with E-state index in [9.17, 15) is 4.79 Å². The molecule has 2 aliphatic heterocycles. The van der Waals surface area contributed by atoms with Crippen molar-refractivity contribution in [2.24, 2.45) is 0 Å². The lowest BCUT2D eigenvalue weighted by Gasteiger charge is -2.30. The van der Waals surface area contributed by atoms with Crippen molar-refractivity contribution in [3.63, 3.8) is 0 Å². The van der Waals surface area contributed by atoms with Gasteiger partial charge in [-0.05, 0) is 39.9 Å². The second-order valence-electron chi connectivity index (χ2n) is 6.63. The maximum Gasteiger partial charge on any atom is 0.227 e. The first kappa shape index (κ1) is 16.4. The van der Waals surface area contributed by atoms with Gasteiger partial charge in [-0.15, -0.1) is 0 Å². The second-order valence-corrected chi connectivity index (χ2v) is 6.63. The number of rotatable bonds is 4. The predicted molar refractivity (Wildman–Crippen MR) is 88.6 cm³/mol. The van der Waals surface area contributed by atoms with Gasteiger partial charge in [-0.1, -0.05) is 0 Å². The first-order chi connectivity index (χ1) is 11.1. The molecule has 0 spiro atoms. The number of anilines is 1. The summed E-state index contributed by atoms with van der Waals surface area (Å²) in [5, 5.41) is 11.0. The molecular weight excluding hydrogens is 294 g/mol. The summed E-state index contributed by atoms with van der Waals surface area (Å²) < 4.78 is 7.41. The average Bonchev–Trinajstić information content (AvgIpc) is 2.89. The molecule has 7 nitrogen and oxygen atoms in total. The van der Waals surface area contributed by atoms with E-state index in [0.29, 0.717) is 19.1 Å². The normalized spacial score (nSPS) is 23.8. The Morgan fingerprint density at radius 2 is 2.26 bits per heavy atom. The Morgan fingerprint density at radius 1 is 1.48 bits per heavy atom. The number of ether oxygens (including phenoxy) is 1. The molecule has 1 aromatic rings. The zero-order chi connectivity index (χ0) is 16.2. The SMILES string of the molecule is Cc1cc(NC(=O)CC2COCCN2)n(C2CCN(C)CC2)n1. The molecule has 2 fully saturated rings. The van der Waals surface area contributed by atoms with Crippen LogP contribution in [-0.4, -0.2) is 66.5 Å². The van der Waals surface area contributed by atoms with Crippen LogP contribution < -0.4 is 10.6 Å².